The highest BCUT2D eigenvalue weighted by Crippen LogP contribution is 2.33. The molecule has 0 saturated heterocycles. The number of nitro groups is 1. The van der Waals surface area contributed by atoms with Gasteiger partial charge in [0.1, 0.15) is 0 Å². The molecule has 0 bridgehead atoms. The number of aromatic hydroxyl groups is 1. The van der Waals surface area contributed by atoms with E-state index >= 15 is 0 Å². The Kier molecular flexibility index (Phi) is 5.80. The lowest BCUT2D eigenvalue weighted by Crippen LogP contribution is -2.20. The molecule has 0 amide bonds. The summed E-state index contributed by atoms with van der Waals surface area (Å²) >= 11 is 5.88. The third-order valence-corrected chi connectivity index (χ3v) is 5.01. The van der Waals surface area contributed by atoms with Crippen LogP contribution in [-0.4, -0.2) is 25.9 Å². The first-order chi connectivity index (χ1) is 16.1. The van der Waals surface area contributed by atoms with E-state index in [0.717, 1.165) is 29.1 Å². The van der Waals surface area contributed by atoms with Gasteiger partial charge in [0.2, 0.25) is 5.75 Å². The standard InChI is InChI=1S/C22H12ClF3N4O4/c23-15-9-13(19(31)18(10-15)30(33)34)11-27-29-20(12-4-3-5-14(8-12)22(24,25)26)28-17-7-2-1-6-16(17)21(29)32/h1-11,31H. The van der Waals surface area contributed by atoms with E-state index in [2.05, 4.69) is 10.1 Å². The first kappa shape index (κ1) is 22.9. The van der Waals surface area contributed by atoms with E-state index in [-0.39, 0.29) is 32.9 Å². The van der Waals surface area contributed by atoms with Crippen LogP contribution < -0.4 is 5.56 Å². The number of benzene rings is 3. The Bertz CT molecular complexity index is 1530. The van der Waals surface area contributed by atoms with Gasteiger partial charge in [-0.25, -0.2) is 4.98 Å². The minimum atomic E-state index is -4.63. The molecule has 1 aromatic heterocycles. The van der Waals surface area contributed by atoms with Gasteiger partial charge >= 0.3 is 11.9 Å². The fourth-order valence-corrected chi connectivity index (χ4v) is 3.44. The number of aromatic nitrogens is 2. The number of phenolic OH excluding ortho intramolecular Hbond substituents is 1. The highest BCUT2D eigenvalue weighted by Gasteiger charge is 2.31. The van der Waals surface area contributed by atoms with Gasteiger partial charge in [0.25, 0.3) is 5.56 Å². The van der Waals surface area contributed by atoms with Gasteiger partial charge in [0.15, 0.2) is 5.82 Å². The van der Waals surface area contributed by atoms with Crippen LogP contribution in [0.4, 0.5) is 18.9 Å². The normalized spacial score (nSPS) is 11.9. The molecule has 0 aliphatic carbocycles. The molecule has 1 N–H and O–H groups in total. The summed E-state index contributed by atoms with van der Waals surface area (Å²) in [5, 5.41) is 25.4. The van der Waals surface area contributed by atoms with E-state index in [1.54, 1.807) is 12.1 Å². The highest BCUT2D eigenvalue weighted by atomic mass is 35.5. The van der Waals surface area contributed by atoms with E-state index in [9.17, 15) is 33.2 Å². The SMILES string of the molecule is O=c1c2ccccc2nc(-c2cccc(C(F)(F)F)c2)n1N=Cc1cc(Cl)cc([N+](=O)[O-])c1O. The second-order valence-electron chi connectivity index (χ2n) is 7.01. The minimum Gasteiger partial charge on any atom is -0.502 e. The molecule has 0 unspecified atom stereocenters. The Balaban J connectivity index is 1.96. The van der Waals surface area contributed by atoms with Crippen LogP contribution in [0, 0.1) is 10.1 Å². The van der Waals surface area contributed by atoms with Gasteiger partial charge in [-0.05, 0) is 30.3 Å². The number of nitro benzene ring substituents is 1. The fraction of sp³-hybridized carbons (Fsp3) is 0.0455. The topological polar surface area (TPSA) is 111 Å². The lowest BCUT2D eigenvalue weighted by Gasteiger charge is -2.12. The van der Waals surface area contributed by atoms with Crippen molar-refractivity contribution in [1.29, 1.82) is 0 Å². The number of para-hydroxylation sites is 1. The summed E-state index contributed by atoms with van der Waals surface area (Å²) in [6, 6.07) is 12.5. The van der Waals surface area contributed by atoms with Crippen molar-refractivity contribution in [2.45, 2.75) is 6.18 Å². The lowest BCUT2D eigenvalue weighted by molar-refractivity contribution is -0.385. The Labute approximate surface area is 193 Å². The first-order valence-electron chi connectivity index (χ1n) is 9.47. The average molecular weight is 489 g/mol. The maximum atomic E-state index is 13.3. The van der Waals surface area contributed by atoms with Crippen molar-refractivity contribution in [3.05, 3.63) is 97.3 Å². The first-order valence-corrected chi connectivity index (χ1v) is 9.85. The lowest BCUT2D eigenvalue weighted by atomic mass is 10.1. The van der Waals surface area contributed by atoms with E-state index in [0.29, 0.717) is 0 Å². The van der Waals surface area contributed by atoms with Gasteiger partial charge < -0.3 is 5.11 Å². The van der Waals surface area contributed by atoms with Crippen molar-refractivity contribution in [3.8, 4) is 17.1 Å². The van der Waals surface area contributed by atoms with Crippen molar-refractivity contribution in [2.24, 2.45) is 5.10 Å². The smallest absolute Gasteiger partial charge is 0.416 e. The van der Waals surface area contributed by atoms with Gasteiger partial charge in [-0.1, -0.05) is 35.9 Å². The molecule has 0 aliphatic heterocycles. The molecule has 172 valence electrons. The number of hydrogen-bond acceptors (Lipinski definition) is 6. The van der Waals surface area contributed by atoms with Crippen LogP contribution in [0.2, 0.25) is 5.02 Å². The molecular formula is C22H12ClF3N4O4. The van der Waals surface area contributed by atoms with E-state index in [1.807, 2.05) is 0 Å². The fourth-order valence-electron chi connectivity index (χ4n) is 3.22. The van der Waals surface area contributed by atoms with Crippen molar-refractivity contribution in [1.82, 2.24) is 9.66 Å². The van der Waals surface area contributed by atoms with Crippen molar-refractivity contribution in [3.63, 3.8) is 0 Å². The molecule has 3 aromatic carbocycles. The van der Waals surface area contributed by atoms with Crippen LogP contribution in [0.15, 0.2) is 70.6 Å². The highest BCUT2D eigenvalue weighted by molar-refractivity contribution is 6.31. The van der Waals surface area contributed by atoms with Crippen LogP contribution in [0.3, 0.4) is 0 Å². The second kappa shape index (κ2) is 8.60. The number of alkyl halides is 3. The predicted molar refractivity (Wildman–Crippen MR) is 119 cm³/mol. The van der Waals surface area contributed by atoms with Crippen LogP contribution in [0.1, 0.15) is 11.1 Å². The molecular weight excluding hydrogens is 477 g/mol. The monoisotopic (exact) mass is 488 g/mol. The number of fused-ring (bicyclic) bond motifs is 1. The Hall–Kier alpha value is -4.25. The predicted octanol–water partition coefficient (Wildman–Crippen LogP) is 5.23. The quantitative estimate of drug-likeness (QED) is 0.240. The zero-order chi connectivity index (χ0) is 24.6. The summed E-state index contributed by atoms with van der Waals surface area (Å²) in [6.45, 7) is 0. The molecule has 0 fully saturated rings. The van der Waals surface area contributed by atoms with E-state index < -0.39 is 33.7 Å². The molecule has 4 rings (SSSR count). The molecule has 0 saturated carbocycles. The van der Waals surface area contributed by atoms with Crippen LogP contribution in [0.25, 0.3) is 22.3 Å². The summed E-state index contributed by atoms with van der Waals surface area (Å²) in [7, 11) is 0. The third kappa shape index (κ3) is 4.33. The van der Waals surface area contributed by atoms with Gasteiger partial charge in [0.05, 0.1) is 27.6 Å². The zero-order valence-electron chi connectivity index (χ0n) is 16.8. The Morgan fingerprint density at radius 2 is 1.85 bits per heavy atom. The molecule has 12 heteroatoms. The Morgan fingerprint density at radius 3 is 2.56 bits per heavy atom. The number of hydrogen-bond donors (Lipinski definition) is 1. The Morgan fingerprint density at radius 1 is 1.12 bits per heavy atom. The van der Waals surface area contributed by atoms with E-state index in [1.165, 1.54) is 30.3 Å². The van der Waals surface area contributed by atoms with E-state index in [4.69, 9.17) is 11.6 Å². The number of phenols is 1. The molecule has 4 aromatic rings. The molecule has 0 aliphatic rings. The number of rotatable bonds is 4. The summed E-state index contributed by atoms with van der Waals surface area (Å²) in [4.78, 5) is 27.7. The van der Waals surface area contributed by atoms with Crippen molar-refractivity contribution >= 4 is 34.4 Å². The maximum Gasteiger partial charge on any atom is 0.416 e. The average Bonchev–Trinajstić information content (AvgIpc) is 2.79. The largest absolute Gasteiger partial charge is 0.502 e. The zero-order valence-corrected chi connectivity index (χ0v) is 17.6. The van der Waals surface area contributed by atoms with Crippen LogP contribution in [-0.2, 0) is 6.18 Å². The minimum absolute atomic E-state index is 0.0453. The molecule has 8 nitrogen and oxygen atoms in total. The van der Waals surface area contributed by atoms with Crippen molar-refractivity contribution in [2.75, 3.05) is 0 Å². The van der Waals surface area contributed by atoms with Crippen LogP contribution >= 0.6 is 11.6 Å². The summed E-state index contributed by atoms with van der Waals surface area (Å²) in [5.74, 6) is -0.956. The third-order valence-electron chi connectivity index (χ3n) is 4.79. The van der Waals surface area contributed by atoms with Crippen LogP contribution in [0.5, 0.6) is 5.75 Å². The molecule has 0 radical (unpaired) electrons. The number of nitrogens with zero attached hydrogens (tertiary/aromatic N) is 4. The molecule has 0 spiro atoms. The van der Waals surface area contributed by atoms with Gasteiger partial charge in [-0.2, -0.15) is 22.9 Å². The van der Waals surface area contributed by atoms with Gasteiger partial charge in [-0.15, -0.1) is 0 Å². The van der Waals surface area contributed by atoms with Crippen molar-refractivity contribution < 1.29 is 23.2 Å². The molecule has 34 heavy (non-hydrogen) atoms. The number of halogens is 4. The summed E-state index contributed by atoms with van der Waals surface area (Å²) in [6.07, 6.45) is -3.70. The second-order valence-corrected chi connectivity index (χ2v) is 7.45. The van der Waals surface area contributed by atoms with Gasteiger partial charge in [0, 0.05) is 22.2 Å². The molecule has 1 heterocycles. The summed E-state index contributed by atoms with van der Waals surface area (Å²) in [5.41, 5.74) is -2.34. The maximum absolute atomic E-state index is 13.3. The molecule has 0 atom stereocenters. The summed E-state index contributed by atoms with van der Waals surface area (Å²) < 4.78 is 40.5. The van der Waals surface area contributed by atoms with Gasteiger partial charge in [-0.3, -0.25) is 14.9 Å².